The molecule has 44 valence electrons. The van der Waals surface area contributed by atoms with Crippen LogP contribution in [0.5, 0.6) is 5.88 Å². The van der Waals surface area contributed by atoms with Gasteiger partial charge in [0, 0.05) is 6.07 Å². The van der Waals surface area contributed by atoms with Gasteiger partial charge in [-0.15, -0.1) is 0 Å². The lowest BCUT2D eigenvalue weighted by molar-refractivity contribution is -0.274. The van der Waals surface area contributed by atoms with E-state index in [0.29, 0.717) is 0 Å². The van der Waals surface area contributed by atoms with Gasteiger partial charge in [0.25, 0.3) is 0 Å². The molecule has 0 N–H and O–H groups in total. The predicted molar refractivity (Wildman–Crippen MR) is 28.4 cm³/mol. The predicted octanol–water partition coefficient (Wildman–Crippen LogP) is 0.640. The molecular weight excluding hydrogens is 118 g/mol. The minimum Gasteiger partial charge on any atom is -0.859 e. The van der Waals surface area contributed by atoms with E-state index >= 15 is 0 Å². The molecule has 0 spiro atoms. The number of aromatic nitrogens is 1. The molecule has 0 radical (unpaired) electrons. The van der Waals surface area contributed by atoms with E-state index < -0.39 is 0 Å². The summed E-state index contributed by atoms with van der Waals surface area (Å²) in [6.45, 7) is 0. The van der Waals surface area contributed by atoms with Crippen molar-refractivity contribution >= 4 is 5.69 Å². The van der Waals surface area contributed by atoms with E-state index in [-0.39, 0.29) is 11.6 Å². The molecule has 1 rings (SSSR count). The van der Waals surface area contributed by atoms with Crippen LogP contribution in [0, 0.1) is 5.39 Å². The van der Waals surface area contributed by atoms with Gasteiger partial charge in [-0.2, -0.15) is 0 Å². The van der Waals surface area contributed by atoms with Gasteiger partial charge in [0.05, 0.1) is 0 Å². The van der Waals surface area contributed by atoms with Crippen LogP contribution in [0.3, 0.4) is 0 Å². The molecule has 0 saturated carbocycles. The summed E-state index contributed by atoms with van der Waals surface area (Å²) in [5, 5.41) is 18.4. The fourth-order valence-corrected chi connectivity index (χ4v) is 0.432. The monoisotopic (exact) mass is 121 g/mol. The third-order valence-corrected chi connectivity index (χ3v) is 0.836. The van der Waals surface area contributed by atoms with Gasteiger partial charge in [-0.05, 0) is 11.9 Å². The highest BCUT2D eigenvalue weighted by molar-refractivity contribution is 5.41. The molecule has 1 aromatic heterocycles. The van der Waals surface area contributed by atoms with Gasteiger partial charge in [0.1, 0.15) is 6.20 Å². The molecule has 0 aliphatic carbocycles. The average Bonchev–Trinajstić information content (AvgIpc) is 1.90. The summed E-state index contributed by atoms with van der Waals surface area (Å²) in [5.41, 5.74) is 0.287. The SMILES string of the molecule is N#[N+]c1ccc([O-])nc1. The van der Waals surface area contributed by atoms with Crippen molar-refractivity contribution in [2.75, 3.05) is 0 Å². The van der Waals surface area contributed by atoms with Gasteiger partial charge in [0.2, 0.25) is 5.39 Å². The first-order valence-electron chi connectivity index (χ1n) is 2.31. The summed E-state index contributed by atoms with van der Waals surface area (Å²) in [6.07, 6.45) is 1.20. The van der Waals surface area contributed by atoms with Gasteiger partial charge >= 0.3 is 5.69 Å². The number of pyridine rings is 1. The van der Waals surface area contributed by atoms with E-state index in [9.17, 15) is 5.11 Å². The molecule has 1 aromatic rings. The van der Waals surface area contributed by atoms with Gasteiger partial charge in [-0.1, -0.05) is 0 Å². The number of hydrogen-bond donors (Lipinski definition) is 0. The Bertz CT molecular complexity index is 235. The standard InChI is InChI=1S/C5H3N3O/c6-8-4-1-2-5(9)7-3-4/h1-3H. The first-order chi connectivity index (χ1) is 4.33. The summed E-state index contributed by atoms with van der Waals surface area (Å²) in [4.78, 5) is 6.15. The molecular formula is C5H3N3O. The van der Waals surface area contributed by atoms with Crippen molar-refractivity contribution < 1.29 is 5.11 Å². The first kappa shape index (κ1) is 5.51. The third kappa shape index (κ3) is 1.13. The Balaban J connectivity index is 3.06. The van der Waals surface area contributed by atoms with Crippen LogP contribution >= 0.6 is 0 Å². The lowest BCUT2D eigenvalue weighted by Gasteiger charge is -1.96. The van der Waals surface area contributed by atoms with Gasteiger partial charge < -0.3 is 5.11 Å². The Morgan fingerprint density at radius 1 is 1.56 bits per heavy atom. The van der Waals surface area contributed by atoms with Crippen LogP contribution in [0.4, 0.5) is 5.69 Å². The van der Waals surface area contributed by atoms with E-state index in [2.05, 4.69) is 9.96 Å². The quantitative estimate of drug-likeness (QED) is 0.473. The van der Waals surface area contributed by atoms with Crippen LogP contribution in [0.25, 0.3) is 4.98 Å². The number of diazo groups is 1. The smallest absolute Gasteiger partial charge is 0.403 e. The minimum absolute atomic E-state index is 0.287. The zero-order valence-electron chi connectivity index (χ0n) is 4.48. The molecule has 0 unspecified atom stereocenters. The topological polar surface area (TPSA) is 64.1 Å². The molecule has 0 saturated heterocycles. The van der Waals surface area contributed by atoms with Crippen LogP contribution in [0.2, 0.25) is 0 Å². The van der Waals surface area contributed by atoms with Crippen molar-refractivity contribution in [2.24, 2.45) is 0 Å². The van der Waals surface area contributed by atoms with Crippen LogP contribution in [-0.2, 0) is 0 Å². The fourth-order valence-electron chi connectivity index (χ4n) is 0.432. The second-order valence-corrected chi connectivity index (χ2v) is 1.45. The van der Waals surface area contributed by atoms with Crippen LogP contribution < -0.4 is 5.11 Å². The van der Waals surface area contributed by atoms with Crippen molar-refractivity contribution in [3.05, 3.63) is 23.3 Å². The number of nitrogens with zero attached hydrogens (tertiary/aromatic N) is 3. The molecule has 0 amide bonds. The summed E-state index contributed by atoms with van der Waals surface area (Å²) < 4.78 is 0. The Hall–Kier alpha value is -1.63. The number of hydrogen-bond acceptors (Lipinski definition) is 3. The Labute approximate surface area is 51.4 Å². The van der Waals surface area contributed by atoms with Crippen molar-refractivity contribution in [3.63, 3.8) is 0 Å². The zero-order valence-corrected chi connectivity index (χ0v) is 4.48. The summed E-state index contributed by atoms with van der Waals surface area (Å²) in [5.74, 6) is -0.331. The average molecular weight is 121 g/mol. The molecule has 4 heteroatoms. The highest BCUT2D eigenvalue weighted by Crippen LogP contribution is 2.09. The summed E-state index contributed by atoms with van der Waals surface area (Å²) in [7, 11) is 0. The Kier molecular flexibility index (Phi) is 1.28. The van der Waals surface area contributed by atoms with Crippen molar-refractivity contribution in [1.29, 1.82) is 5.39 Å². The molecule has 0 aliphatic heterocycles. The van der Waals surface area contributed by atoms with E-state index in [1.54, 1.807) is 0 Å². The Morgan fingerprint density at radius 2 is 2.33 bits per heavy atom. The first-order valence-corrected chi connectivity index (χ1v) is 2.31. The van der Waals surface area contributed by atoms with Crippen molar-refractivity contribution in [3.8, 4) is 5.88 Å². The van der Waals surface area contributed by atoms with E-state index in [0.717, 1.165) is 0 Å². The van der Waals surface area contributed by atoms with Gasteiger partial charge in [-0.3, -0.25) is 4.98 Å². The van der Waals surface area contributed by atoms with E-state index in [4.69, 9.17) is 5.39 Å². The lowest BCUT2D eigenvalue weighted by atomic mass is 10.4. The molecule has 9 heavy (non-hydrogen) atoms. The van der Waals surface area contributed by atoms with Crippen LogP contribution in [0.1, 0.15) is 0 Å². The van der Waals surface area contributed by atoms with Gasteiger partial charge in [0.15, 0.2) is 4.98 Å². The van der Waals surface area contributed by atoms with Gasteiger partial charge in [-0.25, -0.2) is 0 Å². The second kappa shape index (κ2) is 2.09. The Morgan fingerprint density at radius 3 is 2.78 bits per heavy atom. The summed E-state index contributed by atoms with van der Waals surface area (Å²) >= 11 is 0. The summed E-state index contributed by atoms with van der Waals surface area (Å²) in [6, 6.07) is 2.62. The highest BCUT2D eigenvalue weighted by Gasteiger charge is 1.98. The minimum atomic E-state index is -0.331. The second-order valence-electron chi connectivity index (χ2n) is 1.45. The molecule has 0 bridgehead atoms. The maximum atomic E-state index is 10.3. The van der Waals surface area contributed by atoms with Crippen molar-refractivity contribution in [1.82, 2.24) is 4.98 Å². The van der Waals surface area contributed by atoms with Crippen molar-refractivity contribution in [2.45, 2.75) is 0 Å². The molecule has 0 atom stereocenters. The molecule has 0 aromatic carbocycles. The normalized spacial score (nSPS) is 8.33. The van der Waals surface area contributed by atoms with Crippen LogP contribution in [0.15, 0.2) is 18.3 Å². The maximum Gasteiger partial charge on any atom is 0.403 e. The fraction of sp³-hybridized carbons (Fsp3) is 0. The maximum absolute atomic E-state index is 10.3. The lowest BCUT2D eigenvalue weighted by Crippen LogP contribution is -1.90. The number of rotatable bonds is 0. The zero-order chi connectivity index (χ0) is 6.69. The molecule has 0 fully saturated rings. The molecule has 0 aliphatic rings. The molecule has 1 heterocycles. The molecule has 4 nitrogen and oxygen atoms in total. The largest absolute Gasteiger partial charge is 0.859 e. The van der Waals surface area contributed by atoms with Crippen LogP contribution in [-0.4, -0.2) is 4.98 Å². The third-order valence-electron chi connectivity index (χ3n) is 0.836. The van der Waals surface area contributed by atoms with E-state index in [1.807, 2.05) is 0 Å². The highest BCUT2D eigenvalue weighted by atomic mass is 16.3. The van der Waals surface area contributed by atoms with E-state index in [1.165, 1.54) is 18.3 Å².